The van der Waals surface area contributed by atoms with Crippen LogP contribution in [0.2, 0.25) is 10.0 Å². The van der Waals surface area contributed by atoms with Crippen molar-refractivity contribution in [3.05, 3.63) is 68.1 Å². The Bertz CT molecular complexity index is 944. The molecular weight excluding hydrogens is 465 g/mol. The molecule has 0 fully saturated rings. The first kappa shape index (κ1) is 20.8. The molecule has 0 heterocycles. The molecule has 0 amide bonds. The summed E-state index contributed by atoms with van der Waals surface area (Å²) in [6, 6.07) is 10.9. The van der Waals surface area contributed by atoms with Crippen molar-refractivity contribution < 1.29 is 17.9 Å². The van der Waals surface area contributed by atoms with Crippen LogP contribution in [0.1, 0.15) is 6.92 Å². The number of nitrogens with one attached hydrogen (secondary N) is 1. The van der Waals surface area contributed by atoms with Gasteiger partial charge in [0.25, 0.3) is 0 Å². The lowest BCUT2D eigenvalue weighted by atomic mass is 10.3. The van der Waals surface area contributed by atoms with E-state index in [2.05, 4.69) is 21.2 Å². The van der Waals surface area contributed by atoms with Gasteiger partial charge in [-0.3, -0.25) is 0 Å². The largest absolute Gasteiger partial charge is 0.462 e. The average Bonchev–Trinajstić information content (AvgIpc) is 2.59. The van der Waals surface area contributed by atoms with Crippen LogP contribution in [-0.2, 0) is 19.4 Å². The summed E-state index contributed by atoms with van der Waals surface area (Å²) < 4.78 is 31.6. The number of hydrogen-bond donors (Lipinski definition) is 1. The Hall–Kier alpha value is -1.54. The molecule has 26 heavy (non-hydrogen) atoms. The van der Waals surface area contributed by atoms with Crippen molar-refractivity contribution >= 4 is 60.6 Å². The normalized spacial score (nSPS) is 11.9. The van der Waals surface area contributed by atoms with Gasteiger partial charge in [-0.1, -0.05) is 39.1 Å². The third-order valence-corrected chi connectivity index (χ3v) is 6.15. The minimum absolute atomic E-state index is 0.0211. The van der Waals surface area contributed by atoms with Crippen molar-refractivity contribution in [2.45, 2.75) is 11.8 Å². The van der Waals surface area contributed by atoms with Crippen LogP contribution in [0, 0.1) is 0 Å². The highest BCUT2D eigenvalue weighted by Gasteiger charge is 2.30. The SMILES string of the molecule is CCOC(=O)/C(=C\Nc1ccc(Br)cc1)S(=O)(=O)c1cc(Cl)ccc1Cl. The molecule has 0 unspecified atom stereocenters. The fourth-order valence-electron chi connectivity index (χ4n) is 1.95. The van der Waals surface area contributed by atoms with Gasteiger partial charge in [0, 0.05) is 21.4 Å². The number of sulfone groups is 1. The first-order valence-electron chi connectivity index (χ1n) is 7.35. The summed E-state index contributed by atoms with van der Waals surface area (Å²) in [4.78, 5) is 11.4. The Labute approximate surface area is 170 Å². The van der Waals surface area contributed by atoms with Gasteiger partial charge >= 0.3 is 5.97 Å². The highest BCUT2D eigenvalue weighted by atomic mass is 79.9. The Balaban J connectivity index is 2.49. The molecule has 9 heteroatoms. The van der Waals surface area contributed by atoms with Crippen LogP contribution in [-0.4, -0.2) is 21.0 Å². The minimum atomic E-state index is -4.26. The molecule has 0 saturated carbocycles. The van der Waals surface area contributed by atoms with Crippen molar-refractivity contribution in [1.29, 1.82) is 0 Å². The van der Waals surface area contributed by atoms with Gasteiger partial charge in [0.15, 0.2) is 4.91 Å². The lowest BCUT2D eigenvalue weighted by Crippen LogP contribution is -2.18. The molecular formula is C17H14BrCl2NO4S. The molecule has 138 valence electrons. The second-order valence-electron chi connectivity index (χ2n) is 4.96. The smallest absolute Gasteiger partial charge is 0.351 e. The molecule has 0 atom stereocenters. The molecule has 2 rings (SSSR count). The molecule has 0 aromatic heterocycles. The number of esters is 1. The van der Waals surface area contributed by atoms with Gasteiger partial charge in [-0.05, 0) is 49.4 Å². The van der Waals surface area contributed by atoms with Crippen LogP contribution in [0.15, 0.2) is 62.9 Å². The number of halogens is 3. The van der Waals surface area contributed by atoms with Crippen molar-refractivity contribution in [2.75, 3.05) is 11.9 Å². The summed E-state index contributed by atoms with van der Waals surface area (Å²) >= 11 is 15.2. The minimum Gasteiger partial charge on any atom is -0.462 e. The van der Waals surface area contributed by atoms with Crippen LogP contribution >= 0.6 is 39.1 Å². The second kappa shape index (κ2) is 8.90. The summed E-state index contributed by atoms with van der Waals surface area (Å²) in [6.45, 7) is 1.60. The fraction of sp³-hybridized carbons (Fsp3) is 0.118. The van der Waals surface area contributed by atoms with Gasteiger partial charge in [0.2, 0.25) is 9.84 Å². The zero-order valence-corrected chi connectivity index (χ0v) is 17.4. The zero-order chi connectivity index (χ0) is 19.3. The molecule has 1 N–H and O–H groups in total. The van der Waals surface area contributed by atoms with Gasteiger partial charge in [-0.2, -0.15) is 0 Å². The molecule has 0 bridgehead atoms. The summed E-state index contributed by atoms with van der Waals surface area (Å²) in [6.07, 6.45) is 1.08. The van der Waals surface area contributed by atoms with Crippen molar-refractivity contribution in [3.8, 4) is 0 Å². The third kappa shape index (κ3) is 5.01. The molecule has 2 aromatic carbocycles. The number of ether oxygens (including phenoxy) is 1. The molecule has 0 spiro atoms. The molecule has 0 aliphatic heterocycles. The highest BCUT2D eigenvalue weighted by molar-refractivity contribution is 9.10. The van der Waals surface area contributed by atoms with Crippen LogP contribution in [0.25, 0.3) is 0 Å². The maximum Gasteiger partial charge on any atom is 0.351 e. The number of anilines is 1. The summed E-state index contributed by atoms with van der Waals surface area (Å²) in [5.74, 6) is -0.992. The van der Waals surface area contributed by atoms with E-state index in [1.165, 1.54) is 18.2 Å². The first-order chi connectivity index (χ1) is 12.3. The molecule has 5 nitrogen and oxygen atoms in total. The van der Waals surface area contributed by atoms with E-state index in [1.807, 2.05) is 0 Å². The molecule has 0 radical (unpaired) electrons. The van der Waals surface area contributed by atoms with Crippen molar-refractivity contribution in [1.82, 2.24) is 0 Å². The molecule has 0 aliphatic rings. The quantitative estimate of drug-likeness (QED) is 0.464. The number of hydrogen-bond acceptors (Lipinski definition) is 5. The van der Waals surface area contributed by atoms with E-state index in [4.69, 9.17) is 27.9 Å². The topological polar surface area (TPSA) is 72.5 Å². The van der Waals surface area contributed by atoms with Gasteiger partial charge < -0.3 is 10.1 Å². The monoisotopic (exact) mass is 477 g/mol. The zero-order valence-electron chi connectivity index (χ0n) is 13.5. The van der Waals surface area contributed by atoms with Crippen LogP contribution < -0.4 is 5.32 Å². The van der Waals surface area contributed by atoms with Crippen LogP contribution in [0.4, 0.5) is 5.69 Å². The second-order valence-corrected chi connectivity index (χ2v) is 8.60. The van der Waals surface area contributed by atoms with E-state index in [-0.39, 0.29) is 21.5 Å². The van der Waals surface area contributed by atoms with E-state index in [9.17, 15) is 13.2 Å². The maximum absolute atomic E-state index is 12.9. The Kier molecular flexibility index (Phi) is 7.11. The van der Waals surface area contributed by atoms with Crippen LogP contribution in [0.5, 0.6) is 0 Å². The Morgan fingerprint density at radius 3 is 2.46 bits per heavy atom. The standard InChI is InChI=1S/C17H14BrCl2NO4S/c1-2-25-17(22)16(10-21-13-6-3-11(18)4-7-13)26(23,24)15-9-12(19)5-8-14(15)20/h3-10,21H,2H2,1H3/b16-10+. The van der Waals surface area contributed by atoms with E-state index < -0.39 is 20.7 Å². The lowest BCUT2D eigenvalue weighted by molar-refractivity contribution is -0.137. The van der Waals surface area contributed by atoms with Crippen molar-refractivity contribution in [3.63, 3.8) is 0 Å². The fourth-order valence-corrected chi connectivity index (χ4v) is 4.20. The van der Waals surface area contributed by atoms with E-state index in [0.29, 0.717) is 5.69 Å². The average molecular weight is 479 g/mol. The van der Waals surface area contributed by atoms with Gasteiger partial charge in [0.1, 0.15) is 0 Å². The predicted molar refractivity (Wildman–Crippen MR) is 106 cm³/mol. The van der Waals surface area contributed by atoms with Crippen LogP contribution in [0.3, 0.4) is 0 Å². The number of benzene rings is 2. The predicted octanol–water partition coefficient (Wildman–Crippen LogP) is 5.05. The van der Waals surface area contributed by atoms with Gasteiger partial charge in [-0.15, -0.1) is 0 Å². The first-order valence-corrected chi connectivity index (χ1v) is 10.4. The summed E-state index contributed by atoms with van der Waals surface area (Å²) in [7, 11) is -4.26. The van der Waals surface area contributed by atoms with Gasteiger partial charge in [-0.25, -0.2) is 13.2 Å². The maximum atomic E-state index is 12.9. The summed E-state index contributed by atoms with van der Waals surface area (Å²) in [5, 5.41) is 2.91. The Morgan fingerprint density at radius 2 is 1.85 bits per heavy atom. The molecule has 0 saturated heterocycles. The van der Waals surface area contributed by atoms with Crippen molar-refractivity contribution in [2.24, 2.45) is 0 Å². The van der Waals surface area contributed by atoms with E-state index in [0.717, 1.165) is 10.7 Å². The molecule has 2 aromatic rings. The number of rotatable bonds is 6. The summed E-state index contributed by atoms with van der Waals surface area (Å²) in [5.41, 5.74) is 0.586. The highest BCUT2D eigenvalue weighted by Crippen LogP contribution is 2.30. The van der Waals surface area contributed by atoms with Gasteiger partial charge in [0.05, 0.1) is 16.5 Å². The number of carbonyl (C=O) groups is 1. The lowest BCUT2D eigenvalue weighted by Gasteiger charge is -2.11. The van der Waals surface area contributed by atoms with E-state index >= 15 is 0 Å². The molecule has 0 aliphatic carbocycles. The number of carbonyl (C=O) groups excluding carboxylic acids is 1. The third-order valence-electron chi connectivity index (χ3n) is 3.16. The Morgan fingerprint density at radius 1 is 1.19 bits per heavy atom. The van der Waals surface area contributed by atoms with E-state index in [1.54, 1.807) is 31.2 Å².